The van der Waals surface area contributed by atoms with Crippen molar-refractivity contribution in [1.82, 2.24) is 5.32 Å². The molecular formula is C19H24FNO3. The van der Waals surface area contributed by atoms with Crippen LogP contribution >= 0.6 is 0 Å². The number of benzene rings is 1. The van der Waals surface area contributed by atoms with Crippen molar-refractivity contribution in [3.8, 4) is 0 Å². The maximum absolute atomic E-state index is 14.2. The predicted octanol–water partition coefficient (Wildman–Crippen LogP) is 3.24. The van der Waals surface area contributed by atoms with Crippen molar-refractivity contribution in [3.05, 3.63) is 35.6 Å². The second kappa shape index (κ2) is 7.32. The molecular weight excluding hydrogens is 309 g/mol. The van der Waals surface area contributed by atoms with Crippen molar-refractivity contribution in [2.45, 2.75) is 62.8 Å². The Hall–Kier alpha value is -1.91. The molecule has 0 spiro atoms. The zero-order chi connectivity index (χ0) is 17.0. The van der Waals surface area contributed by atoms with Gasteiger partial charge in [-0.05, 0) is 31.7 Å². The number of amides is 1. The number of nitrogens with one attached hydrogen (secondary N) is 1. The fourth-order valence-electron chi connectivity index (χ4n) is 4.02. The summed E-state index contributed by atoms with van der Waals surface area (Å²) in [6.45, 7) is -0.286. The van der Waals surface area contributed by atoms with E-state index in [0.717, 1.165) is 38.5 Å². The number of hydrogen-bond donors (Lipinski definition) is 1. The molecule has 2 fully saturated rings. The lowest BCUT2D eigenvalue weighted by Crippen LogP contribution is -2.40. The second-order valence-electron chi connectivity index (χ2n) is 6.89. The van der Waals surface area contributed by atoms with E-state index in [1.54, 1.807) is 18.2 Å². The Bertz CT molecular complexity index is 604. The number of carbonyl (C=O) groups excluding carboxylic acids is 2. The van der Waals surface area contributed by atoms with Crippen LogP contribution in [0, 0.1) is 5.82 Å². The van der Waals surface area contributed by atoms with Crippen molar-refractivity contribution in [3.63, 3.8) is 0 Å². The molecule has 5 heteroatoms. The first-order valence-corrected chi connectivity index (χ1v) is 8.83. The van der Waals surface area contributed by atoms with Gasteiger partial charge < -0.3 is 10.1 Å². The molecule has 1 amide bonds. The monoisotopic (exact) mass is 333 g/mol. The Kier molecular flexibility index (Phi) is 5.17. The largest absolute Gasteiger partial charge is 0.455 e. The molecule has 24 heavy (non-hydrogen) atoms. The SMILES string of the molecule is O=C(COC(=O)C1(c2ccccc2F)CCCC1)NC1CCCC1. The van der Waals surface area contributed by atoms with E-state index < -0.39 is 11.4 Å². The molecule has 130 valence electrons. The summed E-state index contributed by atoms with van der Waals surface area (Å²) < 4.78 is 19.5. The Morgan fingerprint density at radius 3 is 2.46 bits per heavy atom. The van der Waals surface area contributed by atoms with Crippen LogP contribution in [-0.4, -0.2) is 24.5 Å². The highest BCUT2D eigenvalue weighted by Gasteiger charge is 2.46. The normalized spacial score (nSPS) is 20.0. The molecule has 1 aromatic rings. The zero-order valence-electron chi connectivity index (χ0n) is 13.9. The maximum Gasteiger partial charge on any atom is 0.317 e. The van der Waals surface area contributed by atoms with Gasteiger partial charge in [0, 0.05) is 11.6 Å². The minimum absolute atomic E-state index is 0.197. The van der Waals surface area contributed by atoms with E-state index in [2.05, 4.69) is 5.32 Å². The predicted molar refractivity (Wildman–Crippen MR) is 87.9 cm³/mol. The number of rotatable bonds is 5. The van der Waals surface area contributed by atoms with E-state index >= 15 is 0 Å². The maximum atomic E-state index is 14.2. The molecule has 0 atom stereocenters. The summed E-state index contributed by atoms with van der Waals surface area (Å²) in [5.41, 5.74) is -0.553. The van der Waals surface area contributed by atoms with Gasteiger partial charge in [-0.2, -0.15) is 0 Å². The highest BCUT2D eigenvalue weighted by Crippen LogP contribution is 2.43. The van der Waals surface area contributed by atoms with Gasteiger partial charge in [0.05, 0.1) is 5.41 Å². The Morgan fingerprint density at radius 1 is 1.12 bits per heavy atom. The van der Waals surface area contributed by atoms with Crippen LogP contribution < -0.4 is 5.32 Å². The first-order valence-electron chi connectivity index (χ1n) is 8.83. The molecule has 0 aromatic heterocycles. The van der Waals surface area contributed by atoms with Gasteiger partial charge in [-0.1, -0.05) is 43.9 Å². The third-order valence-corrected chi connectivity index (χ3v) is 5.29. The summed E-state index contributed by atoms with van der Waals surface area (Å²) in [5.74, 6) is -1.13. The number of esters is 1. The van der Waals surface area contributed by atoms with Gasteiger partial charge in [-0.3, -0.25) is 9.59 Å². The van der Waals surface area contributed by atoms with Crippen molar-refractivity contribution >= 4 is 11.9 Å². The molecule has 2 aliphatic rings. The first-order chi connectivity index (χ1) is 11.6. The van der Waals surface area contributed by atoms with E-state index in [0.29, 0.717) is 18.4 Å². The van der Waals surface area contributed by atoms with Gasteiger partial charge in [-0.15, -0.1) is 0 Å². The van der Waals surface area contributed by atoms with E-state index in [-0.39, 0.29) is 24.4 Å². The summed E-state index contributed by atoms with van der Waals surface area (Å²) in [7, 11) is 0. The minimum Gasteiger partial charge on any atom is -0.455 e. The summed E-state index contributed by atoms with van der Waals surface area (Å²) in [6.07, 6.45) is 7.07. The molecule has 3 rings (SSSR count). The Morgan fingerprint density at radius 2 is 1.79 bits per heavy atom. The van der Waals surface area contributed by atoms with E-state index in [9.17, 15) is 14.0 Å². The molecule has 1 N–H and O–H groups in total. The molecule has 0 radical (unpaired) electrons. The molecule has 2 saturated carbocycles. The summed E-state index contributed by atoms with van der Waals surface area (Å²) >= 11 is 0. The summed E-state index contributed by atoms with van der Waals surface area (Å²) in [6, 6.07) is 6.57. The van der Waals surface area contributed by atoms with Crippen LogP contribution in [0.25, 0.3) is 0 Å². The lowest BCUT2D eigenvalue weighted by atomic mass is 9.78. The fourth-order valence-corrected chi connectivity index (χ4v) is 4.02. The van der Waals surface area contributed by atoms with Crippen LogP contribution in [0.2, 0.25) is 0 Å². The van der Waals surface area contributed by atoms with E-state index in [4.69, 9.17) is 4.74 Å². The molecule has 4 nitrogen and oxygen atoms in total. The van der Waals surface area contributed by atoms with Crippen LogP contribution in [-0.2, 0) is 19.7 Å². The van der Waals surface area contributed by atoms with Crippen LogP contribution in [0.3, 0.4) is 0 Å². The molecule has 0 bridgehead atoms. The number of hydrogen-bond acceptors (Lipinski definition) is 3. The Balaban J connectivity index is 1.65. The lowest BCUT2D eigenvalue weighted by Gasteiger charge is -2.27. The molecule has 1 aromatic carbocycles. The molecule has 0 aliphatic heterocycles. The van der Waals surface area contributed by atoms with Crippen molar-refractivity contribution in [1.29, 1.82) is 0 Å². The smallest absolute Gasteiger partial charge is 0.317 e. The standard InChI is InChI=1S/C19H24FNO3/c20-16-10-4-3-9-15(16)19(11-5-6-12-19)18(23)24-13-17(22)21-14-7-1-2-8-14/h3-4,9-10,14H,1-2,5-8,11-13H2,(H,21,22). The second-order valence-corrected chi connectivity index (χ2v) is 6.89. The van der Waals surface area contributed by atoms with Crippen LogP contribution in [0.5, 0.6) is 0 Å². The quantitative estimate of drug-likeness (QED) is 0.842. The molecule has 0 saturated heterocycles. The molecule has 0 heterocycles. The molecule has 2 aliphatic carbocycles. The number of halogens is 1. The van der Waals surface area contributed by atoms with Gasteiger partial charge in [0.25, 0.3) is 5.91 Å². The highest BCUT2D eigenvalue weighted by molar-refractivity contribution is 5.86. The first kappa shape index (κ1) is 16.9. The zero-order valence-corrected chi connectivity index (χ0v) is 13.9. The summed E-state index contributed by atoms with van der Waals surface area (Å²) in [5, 5.41) is 2.90. The van der Waals surface area contributed by atoms with E-state index in [1.165, 1.54) is 6.07 Å². The van der Waals surface area contributed by atoms with Crippen LogP contribution in [0.15, 0.2) is 24.3 Å². The van der Waals surface area contributed by atoms with Gasteiger partial charge in [0.2, 0.25) is 0 Å². The fraction of sp³-hybridized carbons (Fsp3) is 0.579. The van der Waals surface area contributed by atoms with Crippen LogP contribution in [0.1, 0.15) is 56.9 Å². The summed E-state index contributed by atoms with van der Waals surface area (Å²) in [4.78, 5) is 24.7. The van der Waals surface area contributed by atoms with Gasteiger partial charge in [-0.25, -0.2) is 4.39 Å². The van der Waals surface area contributed by atoms with Gasteiger partial charge in [0.15, 0.2) is 6.61 Å². The van der Waals surface area contributed by atoms with Gasteiger partial charge in [0.1, 0.15) is 5.82 Å². The highest BCUT2D eigenvalue weighted by atomic mass is 19.1. The number of carbonyl (C=O) groups is 2. The van der Waals surface area contributed by atoms with Crippen LogP contribution in [0.4, 0.5) is 4.39 Å². The van der Waals surface area contributed by atoms with Crippen molar-refractivity contribution in [2.75, 3.05) is 6.61 Å². The van der Waals surface area contributed by atoms with Crippen molar-refractivity contribution < 1.29 is 18.7 Å². The number of ether oxygens (including phenoxy) is 1. The topological polar surface area (TPSA) is 55.4 Å². The lowest BCUT2D eigenvalue weighted by molar-refractivity contribution is -0.154. The average molecular weight is 333 g/mol. The van der Waals surface area contributed by atoms with Crippen molar-refractivity contribution in [2.24, 2.45) is 0 Å². The van der Waals surface area contributed by atoms with E-state index in [1.807, 2.05) is 0 Å². The third kappa shape index (κ3) is 3.45. The van der Waals surface area contributed by atoms with Gasteiger partial charge >= 0.3 is 5.97 Å². The third-order valence-electron chi connectivity index (χ3n) is 5.29. The average Bonchev–Trinajstić information content (AvgIpc) is 3.25. The molecule has 0 unspecified atom stereocenters. The Labute approximate surface area is 141 Å². The minimum atomic E-state index is -0.945.